The number of hydrogen-bond donors (Lipinski definition) is 2. The minimum atomic E-state index is -0.891. The van der Waals surface area contributed by atoms with E-state index < -0.39 is 11.6 Å². The Hall–Kier alpha value is -2.00. The third-order valence-corrected chi connectivity index (χ3v) is 6.83. The second-order valence-corrected chi connectivity index (χ2v) is 11.0. The largest absolute Gasteiger partial charge is 0.465 e. The van der Waals surface area contributed by atoms with Crippen LogP contribution in [-0.4, -0.2) is 43.6 Å². The molecule has 1 aliphatic rings. The molecule has 162 valence electrons. The Labute approximate surface area is 189 Å². The molecule has 7 nitrogen and oxygen atoms in total. The van der Waals surface area contributed by atoms with Gasteiger partial charge in [0.2, 0.25) is 0 Å². The first-order valence-corrected chi connectivity index (χ1v) is 11.6. The lowest BCUT2D eigenvalue weighted by atomic mass is 9.75. The van der Waals surface area contributed by atoms with E-state index in [1.54, 1.807) is 22.7 Å². The van der Waals surface area contributed by atoms with Gasteiger partial charge >= 0.3 is 6.09 Å². The Kier molecular flexibility index (Phi) is 6.81. The number of halogens is 1. The molecule has 2 heterocycles. The van der Waals surface area contributed by atoms with E-state index in [4.69, 9.17) is 0 Å². The van der Waals surface area contributed by atoms with Gasteiger partial charge in [0.25, 0.3) is 5.91 Å². The third-order valence-electron chi connectivity index (χ3n) is 5.46. The van der Waals surface area contributed by atoms with Crippen molar-refractivity contribution in [3.8, 4) is 0 Å². The van der Waals surface area contributed by atoms with Crippen LogP contribution in [0.15, 0.2) is 27.8 Å². The molecule has 1 fully saturated rings. The minimum Gasteiger partial charge on any atom is -0.465 e. The van der Waals surface area contributed by atoms with Gasteiger partial charge in [-0.25, -0.2) is 9.78 Å². The van der Waals surface area contributed by atoms with Crippen molar-refractivity contribution in [1.82, 2.24) is 14.9 Å². The minimum absolute atomic E-state index is 0.0811. The monoisotopic (exact) mass is 494 g/mol. The molecule has 0 spiro atoms. The van der Waals surface area contributed by atoms with Gasteiger partial charge < -0.3 is 15.3 Å². The molecule has 2 N–H and O–H groups in total. The lowest BCUT2D eigenvalue weighted by molar-refractivity contribution is 0.0449. The number of nitrogens with one attached hydrogen (secondary N) is 1. The van der Waals surface area contributed by atoms with Crippen molar-refractivity contribution in [2.24, 2.45) is 5.92 Å². The van der Waals surface area contributed by atoms with Gasteiger partial charge in [0.05, 0.1) is 11.9 Å². The van der Waals surface area contributed by atoms with Crippen molar-refractivity contribution in [2.75, 3.05) is 5.32 Å². The Morgan fingerprint density at radius 2 is 2.03 bits per heavy atom. The summed E-state index contributed by atoms with van der Waals surface area (Å²) in [6, 6.07) is 1.84. The molecule has 0 radical (unpaired) electrons. The van der Waals surface area contributed by atoms with Crippen molar-refractivity contribution in [2.45, 2.75) is 64.5 Å². The Bertz CT molecular complexity index is 927. The normalized spacial score (nSPS) is 21.8. The molecule has 0 unspecified atom stereocenters. The summed E-state index contributed by atoms with van der Waals surface area (Å²) in [6.45, 7) is 7.95. The van der Waals surface area contributed by atoms with Gasteiger partial charge in [-0.05, 0) is 79.4 Å². The smallest absolute Gasteiger partial charge is 0.407 e. The number of nitrogens with zero attached hydrogens (tertiary/aromatic N) is 3. The summed E-state index contributed by atoms with van der Waals surface area (Å²) in [7, 11) is 0. The summed E-state index contributed by atoms with van der Waals surface area (Å²) in [5.74, 6) is 0.209. The number of rotatable bonds is 4. The summed E-state index contributed by atoms with van der Waals surface area (Å²) in [5.41, 5.74) is 1.51. The number of hydrogen-bond acceptors (Lipinski definition) is 5. The molecule has 2 amide bonds. The molecule has 0 saturated heterocycles. The maximum atomic E-state index is 12.6. The molecule has 3 rings (SSSR count). The van der Waals surface area contributed by atoms with Gasteiger partial charge in [0.15, 0.2) is 3.92 Å². The van der Waals surface area contributed by atoms with Gasteiger partial charge in [0.1, 0.15) is 5.69 Å². The molecule has 2 aromatic heterocycles. The van der Waals surface area contributed by atoms with E-state index in [9.17, 15) is 14.7 Å². The van der Waals surface area contributed by atoms with Crippen LogP contribution in [0, 0.1) is 5.92 Å². The van der Waals surface area contributed by atoms with Crippen LogP contribution >= 0.6 is 27.3 Å². The Morgan fingerprint density at radius 1 is 1.30 bits per heavy atom. The van der Waals surface area contributed by atoms with Crippen molar-refractivity contribution in [1.29, 1.82) is 0 Å². The first kappa shape index (κ1) is 22.7. The molecule has 0 bridgehead atoms. The number of carbonyl (C=O) groups excluding carboxylic acids is 1. The predicted molar refractivity (Wildman–Crippen MR) is 121 cm³/mol. The van der Waals surface area contributed by atoms with Gasteiger partial charge in [-0.3, -0.25) is 9.78 Å². The van der Waals surface area contributed by atoms with Crippen LogP contribution in [0.25, 0.3) is 0 Å². The lowest BCUT2D eigenvalue weighted by Crippen LogP contribution is -2.53. The third kappa shape index (κ3) is 5.18. The van der Waals surface area contributed by atoms with E-state index >= 15 is 0 Å². The molecule has 1 aliphatic carbocycles. The van der Waals surface area contributed by atoms with E-state index in [1.807, 2.05) is 26.8 Å². The maximum Gasteiger partial charge on any atom is 0.407 e. The number of carboxylic acid groups (broad SMARTS) is 1. The second-order valence-electron chi connectivity index (χ2n) is 8.89. The summed E-state index contributed by atoms with van der Waals surface area (Å²) >= 11 is 4.63. The lowest BCUT2D eigenvalue weighted by Gasteiger charge is -2.45. The predicted octanol–water partition coefficient (Wildman–Crippen LogP) is 5.60. The van der Waals surface area contributed by atoms with Gasteiger partial charge in [-0.1, -0.05) is 6.92 Å². The molecule has 2 aromatic rings. The highest BCUT2D eigenvalue weighted by molar-refractivity contribution is 9.11. The second kappa shape index (κ2) is 9.01. The number of aromatic nitrogens is 2. The number of anilines is 1. The van der Waals surface area contributed by atoms with Crippen LogP contribution in [-0.2, 0) is 0 Å². The standard InChI is InChI=1S/C21H27BrN4O3S/c1-12-7-13(9-14(8-12)26(20(28)29)21(2,3)4)15-5-6-23-10-16(15)24-18(27)17-11-30-19(22)25-17/h5-6,10-14H,7-9H2,1-4H3,(H,24,27)(H,28,29)/t12-,13+,14-/m0/s1. The van der Waals surface area contributed by atoms with Crippen LogP contribution in [0.2, 0.25) is 0 Å². The highest BCUT2D eigenvalue weighted by atomic mass is 79.9. The van der Waals surface area contributed by atoms with Gasteiger partial charge in [-0.2, -0.15) is 0 Å². The average Bonchev–Trinajstić information content (AvgIpc) is 3.06. The Balaban J connectivity index is 1.86. The van der Waals surface area contributed by atoms with Crippen molar-refractivity contribution >= 4 is 45.0 Å². The molecular weight excluding hydrogens is 468 g/mol. The quantitative estimate of drug-likeness (QED) is 0.576. The molecule has 9 heteroatoms. The van der Waals surface area contributed by atoms with E-state index in [2.05, 4.69) is 38.1 Å². The van der Waals surface area contributed by atoms with Crippen LogP contribution in [0.4, 0.5) is 10.5 Å². The molecular formula is C21H27BrN4O3S. The summed E-state index contributed by atoms with van der Waals surface area (Å²) in [6.07, 6.45) is 4.96. The van der Waals surface area contributed by atoms with E-state index in [-0.39, 0.29) is 17.9 Å². The highest BCUT2D eigenvalue weighted by Gasteiger charge is 2.39. The summed E-state index contributed by atoms with van der Waals surface area (Å²) in [4.78, 5) is 34.6. The molecule has 30 heavy (non-hydrogen) atoms. The van der Waals surface area contributed by atoms with Crippen molar-refractivity contribution in [3.05, 3.63) is 39.0 Å². The first-order valence-electron chi connectivity index (χ1n) is 9.94. The number of carbonyl (C=O) groups is 2. The van der Waals surface area contributed by atoms with Crippen LogP contribution in [0.5, 0.6) is 0 Å². The molecule has 0 aliphatic heterocycles. The van der Waals surface area contributed by atoms with Crippen LogP contribution < -0.4 is 5.32 Å². The fourth-order valence-corrected chi connectivity index (χ4v) is 5.42. The summed E-state index contributed by atoms with van der Waals surface area (Å²) in [5, 5.41) is 14.5. The molecule has 3 atom stereocenters. The highest BCUT2D eigenvalue weighted by Crippen LogP contribution is 2.42. The molecule has 1 saturated carbocycles. The van der Waals surface area contributed by atoms with Crippen molar-refractivity contribution < 1.29 is 14.7 Å². The zero-order valence-electron chi connectivity index (χ0n) is 17.6. The average molecular weight is 495 g/mol. The van der Waals surface area contributed by atoms with Crippen LogP contribution in [0.1, 0.15) is 68.9 Å². The first-order chi connectivity index (χ1) is 14.1. The number of thiazole rings is 1. The van der Waals surface area contributed by atoms with E-state index in [0.29, 0.717) is 27.6 Å². The number of pyridine rings is 1. The summed E-state index contributed by atoms with van der Waals surface area (Å²) < 4.78 is 0.652. The fourth-order valence-electron chi connectivity index (χ4n) is 4.43. The SMILES string of the molecule is C[C@H]1C[C@@H](c2ccncc2NC(=O)c2csc(Br)n2)C[C@@H](N(C(=O)O)C(C)(C)C)C1. The van der Waals surface area contributed by atoms with Crippen molar-refractivity contribution in [3.63, 3.8) is 0 Å². The van der Waals surface area contributed by atoms with E-state index in [1.165, 1.54) is 11.3 Å². The van der Waals surface area contributed by atoms with Gasteiger partial charge in [-0.15, -0.1) is 11.3 Å². The number of amides is 2. The van der Waals surface area contributed by atoms with E-state index in [0.717, 1.165) is 18.4 Å². The topological polar surface area (TPSA) is 95.4 Å². The van der Waals surface area contributed by atoms with Crippen LogP contribution in [0.3, 0.4) is 0 Å². The van der Waals surface area contributed by atoms with Gasteiger partial charge in [0, 0.05) is 23.2 Å². The molecule has 0 aromatic carbocycles. The Morgan fingerprint density at radius 3 is 2.63 bits per heavy atom. The fraction of sp³-hybridized carbons (Fsp3) is 0.524. The zero-order valence-corrected chi connectivity index (χ0v) is 20.0. The maximum absolute atomic E-state index is 12.6. The zero-order chi connectivity index (χ0) is 22.1.